The Hall–Kier alpha value is 0.720. The highest BCUT2D eigenvalue weighted by molar-refractivity contribution is 8.09. The second kappa shape index (κ2) is 8.82. The topological polar surface area (TPSA) is 35.5 Å². The first-order valence-electron chi connectivity index (χ1n) is 5.23. The van der Waals surface area contributed by atoms with E-state index in [0.717, 1.165) is 18.6 Å². The molecule has 0 radical (unpaired) electrons. The lowest BCUT2D eigenvalue weighted by Gasteiger charge is -2.16. The maximum Gasteiger partial charge on any atom is 0.185 e. The molecular weight excluding hydrogens is 251 g/mol. The predicted octanol–water partition coefficient (Wildman–Crippen LogP) is 2.53. The zero-order valence-corrected chi connectivity index (χ0v) is 12.3. The number of hydrogen-bond acceptors (Lipinski definition) is 4. The molecule has 1 unspecified atom stereocenters. The highest BCUT2D eigenvalue weighted by Crippen LogP contribution is 2.43. The minimum Gasteiger partial charge on any atom is -0.330 e. The Kier molecular flexibility index (Phi) is 9.25. The highest BCUT2D eigenvalue weighted by Gasteiger charge is 2.10. The van der Waals surface area contributed by atoms with Gasteiger partial charge in [-0.05, 0) is 25.2 Å². The summed E-state index contributed by atoms with van der Waals surface area (Å²) in [5.74, 6) is 1.33. The first-order chi connectivity index (χ1) is 7.02. The van der Waals surface area contributed by atoms with Gasteiger partial charge in [0.15, 0.2) is 6.49 Å². The fourth-order valence-electron chi connectivity index (χ4n) is 0.975. The molecule has 0 aliphatic carbocycles. The summed E-state index contributed by atoms with van der Waals surface area (Å²) in [5, 5.41) is 0. The van der Waals surface area contributed by atoms with Crippen molar-refractivity contribution in [3.05, 3.63) is 0 Å². The molecule has 2 atom stereocenters. The van der Waals surface area contributed by atoms with E-state index in [4.69, 9.17) is 20.9 Å². The van der Waals surface area contributed by atoms with Crippen LogP contribution in [0.2, 0.25) is 0 Å². The van der Waals surface area contributed by atoms with Crippen LogP contribution < -0.4 is 0 Å². The van der Waals surface area contributed by atoms with Crippen molar-refractivity contribution < 1.29 is 13.3 Å². The smallest absolute Gasteiger partial charge is 0.185 e. The van der Waals surface area contributed by atoms with E-state index in [9.17, 15) is 4.21 Å². The van der Waals surface area contributed by atoms with Crippen LogP contribution >= 0.6 is 6.49 Å². The van der Waals surface area contributed by atoms with Crippen LogP contribution in [0.15, 0.2) is 0 Å². The SMILES string of the molecule is CCCC[S@](=O)CCOP(C)(=S)OCC. The molecule has 0 aromatic carbocycles. The van der Waals surface area contributed by atoms with E-state index in [2.05, 4.69) is 6.92 Å². The number of rotatable bonds is 9. The quantitative estimate of drug-likeness (QED) is 0.604. The number of hydrogen-bond donors (Lipinski definition) is 0. The largest absolute Gasteiger partial charge is 0.330 e. The third kappa shape index (κ3) is 9.64. The second-order valence-electron chi connectivity index (χ2n) is 3.22. The Balaban J connectivity index is 3.60. The average Bonchev–Trinajstić information content (AvgIpc) is 2.14. The third-order valence-electron chi connectivity index (χ3n) is 1.73. The molecule has 0 aliphatic heterocycles. The number of unbranched alkanes of at least 4 members (excludes halogenated alkanes) is 1. The minimum atomic E-state index is -2.08. The molecule has 15 heavy (non-hydrogen) atoms. The van der Waals surface area contributed by atoms with Crippen LogP contribution in [0, 0.1) is 0 Å². The molecule has 0 rings (SSSR count). The van der Waals surface area contributed by atoms with Gasteiger partial charge in [0.05, 0.1) is 13.2 Å². The molecule has 6 heteroatoms. The van der Waals surface area contributed by atoms with Crippen LogP contribution in [-0.2, 0) is 31.7 Å². The van der Waals surface area contributed by atoms with Gasteiger partial charge in [0.2, 0.25) is 0 Å². The molecule has 0 heterocycles. The van der Waals surface area contributed by atoms with Gasteiger partial charge in [-0.15, -0.1) is 0 Å². The Morgan fingerprint density at radius 1 is 1.27 bits per heavy atom. The summed E-state index contributed by atoms with van der Waals surface area (Å²) in [4.78, 5) is 0. The van der Waals surface area contributed by atoms with Gasteiger partial charge in [-0.25, -0.2) is 0 Å². The molecule has 0 saturated heterocycles. The Morgan fingerprint density at radius 2 is 1.93 bits per heavy atom. The van der Waals surface area contributed by atoms with E-state index in [1.807, 2.05) is 6.92 Å². The molecule has 0 aromatic rings. The van der Waals surface area contributed by atoms with Gasteiger partial charge in [-0.3, -0.25) is 4.21 Å². The van der Waals surface area contributed by atoms with Gasteiger partial charge in [-0.1, -0.05) is 13.3 Å². The Bertz CT molecular complexity index is 233. The minimum absolute atomic E-state index is 0.449. The molecule has 0 bridgehead atoms. The van der Waals surface area contributed by atoms with Crippen molar-refractivity contribution in [2.45, 2.75) is 26.7 Å². The van der Waals surface area contributed by atoms with Crippen LogP contribution in [0.3, 0.4) is 0 Å². The summed E-state index contributed by atoms with van der Waals surface area (Å²) in [6, 6.07) is 0. The van der Waals surface area contributed by atoms with Gasteiger partial charge in [0, 0.05) is 29.0 Å². The molecule has 0 saturated carbocycles. The summed E-state index contributed by atoms with van der Waals surface area (Å²) in [6.45, 7) is 4.74. The van der Waals surface area contributed by atoms with Gasteiger partial charge in [0.1, 0.15) is 0 Å². The van der Waals surface area contributed by atoms with Crippen molar-refractivity contribution in [3.8, 4) is 0 Å². The van der Waals surface area contributed by atoms with E-state index in [1.54, 1.807) is 6.66 Å². The predicted molar refractivity (Wildman–Crippen MR) is 70.6 cm³/mol. The first-order valence-corrected chi connectivity index (χ1v) is 9.80. The summed E-state index contributed by atoms with van der Waals surface area (Å²) in [7, 11) is -0.768. The summed E-state index contributed by atoms with van der Waals surface area (Å²) in [6.07, 6.45) is 2.09. The summed E-state index contributed by atoms with van der Waals surface area (Å²) < 4.78 is 22.1. The van der Waals surface area contributed by atoms with Crippen molar-refractivity contribution in [2.24, 2.45) is 0 Å². The van der Waals surface area contributed by atoms with Crippen LogP contribution in [0.5, 0.6) is 0 Å². The van der Waals surface area contributed by atoms with Crippen LogP contribution in [0.25, 0.3) is 0 Å². The van der Waals surface area contributed by atoms with Crippen molar-refractivity contribution in [3.63, 3.8) is 0 Å². The maximum atomic E-state index is 11.4. The first kappa shape index (κ1) is 15.7. The van der Waals surface area contributed by atoms with Gasteiger partial charge in [-0.2, -0.15) is 0 Å². The maximum absolute atomic E-state index is 11.4. The lowest BCUT2D eigenvalue weighted by molar-refractivity contribution is 0.272. The normalized spacial score (nSPS) is 17.3. The summed E-state index contributed by atoms with van der Waals surface area (Å²) in [5.41, 5.74) is 0. The highest BCUT2D eigenvalue weighted by atomic mass is 32.5. The molecule has 0 fully saturated rings. The summed E-state index contributed by atoms with van der Waals surface area (Å²) >= 11 is 5.15. The molecule has 0 amide bonds. The fourth-order valence-corrected chi connectivity index (χ4v) is 3.69. The van der Waals surface area contributed by atoms with Crippen molar-refractivity contribution in [1.29, 1.82) is 0 Å². The second-order valence-corrected chi connectivity index (χ2v) is 8.97. The van der Waals surface area contributed by atoms with Gasteiger partial charge >= 0.3 is 0 Å². The van der Waals surface area contributed by atoms with E-state index < -0.39 is 17.3 Å². The molecule has 0 spiro atoms. The molecule has 92 valence electrons. The molecule has 0 aromatic heterocycles. The molecule has 0 N–H and O–H groups in total. The zero-order chi connectivity index (χ0) is 11.7. The van der Waals surface area contributed by atoms with Crippen LogP contribution in [0.4, 0.5) is 0 Å². The van der Waals surface area contributed by atoms with E-state index in [1.165, 1.54) is 0 Å². The third-order valence-corrected chi connectivity index (χ3v) is 5.10. The van der Waals surface area contributed by atoms with E-state index >= 15 is 0 Å². The molecular formula is C9H21O3PS2. The molecule has 3 nitrogen and oxygen atoms in total. The monoisotopic (exact) mass is 272 g/mol. The van der Waals surface area contributed by atoms with E-state index in [0.29, 0.717) is 19.0 Å². The standard InChI is InChI=1S/C9H21O3PS2/c1-4-6-8-15(10)9-7-12-13(3,14)11-5-2/h4-9H2,1-3H3/t13?,15-/m0/s1. The van der Waals surface area contributed by atoms with Crippen LogP contribution in [-0.4, -0.2) is 35.6 Å². The Labute approximate surface area is 101 Å². The average molecular weight is 272 g/mol. The Morgan fingerprint density at radius 3 is 2.47 bits per heavy atom. The lowest BCUT2D eigenvalue weighted by atomic mass is 10.4. The fraction of sp³-hybridized carbons (Fsp3) is 1.00. The lowest BCUT2D eigenvalue weighted by Crippen LogP contribution is -2.08. The van der Waals surface area contributed by atoms with Crippen molar-refractivity contribution in [2.75, 3.05) is 31.4 Å². The van der Waals surface area contributed by atoms with Gasteiger partial charge in [0.25, 0.3) is 0 Å². The van der Waals surface area contributed by atoms with Gasteiger partial charge < -0.3 is 9.05 Å². The molecule has 0 aliphatic rings. The van der Waals surface area contributed by atoms with Crippen molar-refractivity contribution in [1.82, 2.24) is 0 Å². The van der Waals surface area contributed by atoms with Crippen molar-refractivity contribution >= 4 is 29.1 Å². The van der Waals surface area contributed by atoms with Crippen LogP contribution in [0.1, 0.15) is 26.7 Å². The zero-order valence-electron chi connectivity index (χ0n) is 9.73. The van der Waals surface area contributed by atoms with E-state index in [-0.39, 0.29) is 0 Å².